The third-order valence-electron chi connectivity index (χ3n) is 9.12. The molecule has 8 nitrogen and oxygen atoms in total. The van der Waals surface area contributed by atoms with Crippen LogP contribution >= 0.6 is 0 Å². The van der Waals surface area contributed by atoms with E-state index < -0.39 is 36.1 Å². The second-order valence-corrected chi connectivity index (χ2v) is 12.5. The quantitative estimate of drug-likeness (QED) is 0.107. The first-order chi connectivity index (χ1) is 23.5. The van der Waals surface area contributed by atoms with Crippen LogP contribution in [0.3, 0.4) is 0 Å². The summed E-state index contributed by atoms with van der Waals surface area (Å²) in [4.78, 5) is 32.6. The van der Waals surface area contributed by atoms with E-state index in [1.807, 2.05) is 0 Å². The minimum absolute atomic E-state index is 0.0207. The van der Waals surface area contributed by atoms with Gasteiger partial charge >= 0.3 is 0 Å². The zero-order valence-corrected chi connectivity index (χ0v) is 27.0. The zero-order chi connectivity index (χ0) is 34.6. The molecule has 1 aliphatic carbocycles. The number of morpholine rings is 1. The van der Waals surface area contributed by atoms with Gasteiger partial charge in [-0.05, 0) is 60.4 Å². The molecule has 0 bridgehead atoms. The Labute approximate surface area is 280 Å². The predicted octanol–water partition coefficient (Wildman–Crippen LogP) is 6.75. The normalized spacial score (nSPS) is 16.2. The highest BCUT2D eigenvalue weighted by Crippen LogP contribution is 2.44. The fourth-order valence-corrected chi connectivity index (χ4v) is 6.22. The van der Waals surface area contributed by atoms with Gasteiger partial charge in [0.15, 0.2) is 41.2 Å². The molecule has 0 atom stereocenters. The smallest absolute Gasteiger partial charge is 0.293 e. The molecular formula is C37H36F4N2O6. The maximum atomic E-state index is 15.4. The van der Waals surface area contributed by atoms with E-state index in [4.69, 9.17) is 18.9 Å². The van der Waals surface area contributed by atoms with Crippen LogP contribution in [0, 0.1) is 17.0 Å². The number of carbonyl (C=O) groups excluding carboxylic acids is 2. The summed E-state index contributed by atoms with van der Waals surface area (Å²) in [5, 5.41) is 0.428. The van der Waals surface area contributed by atoms with Gasteiger partial charge in [-0.1, -0.05) is 24.6 Å². The summed E-state index contributed by atoms with van der Waals surface area (Å²) in [5.41, 5.74) is 0.243. The first-order valence-corrected chi connectivity index (χ1v) is 16.1. The Balaban J connectivity index is 1.13. The topological polar surface area (TPSA) is 87.2 Å². The van der Waals surface area contributed by atoms with E-state index in [1.165, 1.54) is 67.9 Å². The van der Waals surface area contributed by atoms with Gasteiger partial charge in [-0.3, -0.25) is 19.5 Å². The summed E-state index contributed by atoms with van der Waals surface area (Å²) >= 11 is 0. The Bertz CT molecular complexity index is 1820. The monoisotopic (exact) mass is 680 g/mol. The largest absolute Gasteiger partial charge is 0.493 e. The summed E-state index contributed by atoms with van der Waals surface area (Å²) in [6, 6.07) is 14.3. The average Bonchev–Trinajstić information content (AvgIpc) is 3.05. The van der Waals surface area contributed by atoms with Crippen molar-refractivity contribution in [2.75, 3.05) is 46.6 Å². The van der Waals surface area contributed by atoms with Crippen LogP contribution in [0.5, 0.6) is 23.0 Å². The standard InChI is InChI=1S/C37H36F4N2O6/c1-46-32-20-27-29(21-33(32)48-23-37(40,41)22-43-13-15-47-16-14-43)42-12-9-30(27)49-31-8-5-25(17-28(31)39)19-35(45)36(10-2-11-36)34(44)18-24-3-6-26(38)7-4-24/h3-9,12,17,20-21H,2,10-11,13-16,18-19,22-23H2,1H3. The maximum Gasteiger partial charge on any atom is 0.293 e. The lowest BCUT2D eigenvalue weighted by atomic mass is 9.61. The van der Waals surface area contributed by atoms with E-state index in [9.17, 15) is 22.8 Å². The first kappa shape index (κ1) is 34.3. The molecule has 4 aromatic rings. The van der Waals surface area contributed by atoms with Gasteiger partial charge < -0.3 is 18.9 Å². The molecule has 0 spiro atoms. The zero-order valence-electron chi connectivity index (χ0n) is 27.0. The van der Waals surface area contributed by atoms with Gasteiger partial charge in [0.05, 0.1) is 37.8 Å². The van der Waals surface area contributed by atoms with Gasteiger partial charge in [0.2, 0.25) is 0 Å². The summed E-state index contributed by atoms with van der Waals surface area (Å²) in [5.74, 6) is -4.38. The van der Waals surface area contributed by atoms with Crippen molar-refractivity contribution >= 4 is 22.5 Å². The molecule has 2 aliphatic rings. The number of benzene rings is 3. The van der Waals surface area contributed by atoms with Crippen molar-refractivity contribution in [1.29, 1.82) is 0 Å². The second-order valence-electron chi connectivity index (χ2n) is 12.5. The van der Waals surface area contributed by atoms with Crippen molar-refractivity contribution in [3.8, 4) is 23.0 Å². The van der Waals surface area contributed by atoms with Crippen molar-refractivity contribution in [2.24, 2.45) is 5.41 Å². The number of hydrogen-bond donors (Lipinski definition) is 0. The van der Waals surface area contributed by atoms with E-state index in [2.05, 4.69) is 4.98 Å². The van der Waals surface area contributed by atoms with Crippen LogP contribution in [-0.2, 0) is 27.2 Å². The fourth-order valence-electron chi connectivity index (χ4n) is 6.22. The minimum atomic E-state index is -3.12. The number of ketones is 2. The van der Waals surface area contributed by atoms with Crippen molar-refractivity contribution in [3.05, 3.63) is 89.6 Å². The Morgan fingerprint density at radius 1 is 0.878 bits per heavy atom. The summed E-state index contributed by atoms with van der Waals surface area (Å²) < 4.78 is 80.2. The number of Topliss-reactive ketones (excluding diaryl/α,β-unsaturated/α-hetero) is 2. The van der Waals surface area contributed by atoms with E-state index >= 15 is 4.39 Å². The lowest BCUT2D eigenvalue weighted by Crippen LogP contribution is -2.46. The summed E-state index contributed by atoms with van der Waals surface area (Å²) in [7, 11) is 1.38. The number of aromatic nitrogens is 1. The van der Waals surface area contributed by atoms with Crippen LogP contribution in [0.25, 0.3) is 10.9 Å². The molecule has 0 unspecified atom stereocenters. The minimum Gasteiger partial charge on any atom is -0.493 e. The number of ether oxygens (including phenoxy) is 4. The molecule has 2 fully saturated rings. The average molecular weight is 681 g/mol. The van der Waals surface area contributed by atoms with Crippen molar-refractivity contribution < 1.29 is 46.1 Å². The number of methoxy groups -OCH3 is 1. The molecule has 1 aliphatic heterocycles. The molecule has 1 saturated carbocycles. The van der Waals surface area contributed by atoms with Crippen molar-refractivity contribution in [3.63, 3.8) is 0 Å². The van der Waals surface area contributed by atoms with Gasteiger partial charge in [0, 0.05) is 43.6 Å². The highest BCUT2D eigenvalue weighted by molar-refractivity contribution is 6.09. The van der Waals surface area contributed by atoms with E-state index in [-0.39, 0.29) is 47.4 Å². The van der Waals surface area contributed by atoms with Crippen LogP contribution in [0.15, 0.2) is 66.9 Å². The lowest BCUT2D eigenvalue weighted by Gasteiger charge is -2.39. The number of rotatable bonds is 14. The molecular weight excluding hydrogens is 644 g/mol. The third-order valence-corrected chi connectivity index (χ3v) is 9.12. The Kier molecular flexibility index (Phi) is 10.2. The van der Waals surface area contributed by atoms with Gasteiger partial charge in [-0.2, -0.15) is 0 Å². The lowest BCUT2D eigenvalue weighted by molar-refractivity contribution is -0.145. The SMILES string of the molecule is COc1cc2c(Oc3ccc(CC(=O)C4(C(=O)Cc5ccc(F)cc5)CCC4)cc3F)ccnc2cc1OCC(F)(F)CN1CCOCC1. The third kappa shape index (κ3) is 7.86. The first-order valence-electron chi connectivity index (χ1n) is 16.1. The van der Waals surface area contributed by atoms with Crippen LogP contribution in [0.1, 0.15) is 30.4 Å². The number of carbonyl (C=O) groups is 2. The number of fused-ring (bicyclic) bond motifs is 1. The molecule has 1 aromatic heterocycles. The van der Waals surface area contributed by atoms with Crippen LogP contribution in [-0.4, -0.2) is 73.9 Å². The summed E-state index contributed by atoms with van der Waals surface area (Å²) in [6.07, 6.45) is 2.92. The number of nitrogens with zero attached hydrogens (tertiary/aromatic N) is 2. The van der Waals surface area contributed by atoms with Crippen LogP contribution < -0.4 is 14.2 Å². The highest BCUT2D eigenvalue weighted by Gasteiger charge is 2.49. The maximum absolute atomic E-state index is 15.4. The Morgan fingerprint density at radius 3 is 2.22 bits per heavy atom. The number of halogens is 4. The number of pyridine rings is 1. The van der Waals surface area contributed by atoms with E-state index in [1.54, 1.807) is 11.0 Å². The molecule has 0 radical (unpaired) electrons. The molecule has 0 amide bonds. The molecule has 49 heavy (non-hydrogen) atoms. The van der Waals surface area contributed by atoms with Gasteiger partial charge in [-0.15, -0.1) is 0 Å². The van der Waals surface area contributed by atoms with Crippen LogP contribution in [0.2, 0.25) is 0 Å². The molecule has 12 heteroatoms. The Morgan fingerprint density at radius 2 is 1.57 bits per heavy atom. The van der Waals surface area contributed by atoms with E-state index in [0.29, 0.717) is 61.2 Å². The molecule has 0 N–H and O–H groups in total. The molecule has 3 aromatic carbocycles. The highest BCUT2D eigenvalue weighted by atomic mass is 19.3. The predicted molar refractivity (Wildman–Crippen MR) is 173 cm³/mol. The number of hydrogen-bond acceptors (Lipinski definition) is 8. The van der Waals surface area contributed by atoms with Crippen molar-refractivity contribution in [2.45, 2.75) is 38.0 Å². The van der Waals surface area contributed by atoms with E-state index in [0.717, 1.165) is 6.42 Å². The van der Waals surface area contributed by atoms with Gasteiger partial charge in [0.1, 0.15) is 11.6 Å². The summed E-state index contributed by atoms with van der Waals surface area (Å²) in [6.45, 7) is 0.325. The molecule has 258 valence electrons. The van der Waals surface area contributed by atoms with Crippen LogP contribution in [0.4, 0.5) is 17.6 Å². The molecule has 2 heterocycles. The Hall–Kier alpha value is -4.55. The molecule has 6 rings (SSSR count). The van der Waals surface area contributed by atoms with Gasteiger partial charge in [0.25, 0.3) is 5.92 Å². The molecule has 1 saturated heterocycles. The van der Waals surface area contributed by atoms with Crippen molar-refractivity contribution in [1.82, 2.24) is 9.88 Å². The number of alkyl halides is 2. The second kappa shape index (κ2) is 14.5. The fraction of sp³-hybridized carbons (Fsp3) is 0.378. The van der Waals surface area contributed by atoms with Gasteiger partial charge in [-0.25, -0.2) is 17.6 Å².